The molecule has 1 rings (SSSR count). The summed E-state index contributed by atoms with van der Waals surface area (Å²) in [6, 6.07) is 7.37. The highest BCUT2D eigenvalue weighted by Crippen LogP contribution is 2.10. The minimum atomic E-state index is -0.652. The van der Waals surface area contributed by atoms with E-state index in [9.17, 15) is 9.59 Å². The number of rotatable bonds is 5. The van der Waals surface area contributed by atoms with Crippen LogP contribution >= 0.6 is 11.6 Å². The smallest absolute Gasteiger partial charge is 0.309 e. The molecule has 0 radical (unpaired) electrons. The van der Waals surface area contributed by atoms with E-state index in [0.29, 0.717) is 18.0 Å². The van der Waals surface area contributed by atoms with Crippen LogP contribution in [0.1, 0.15) is 5.56 Å². The molecule has 0 aromatic heterocycles. The molecule has 2 amide bonds. The van der Waals surface area contributed by atoms with Crippen LogP contribution in [0.3, 0.4) is 0 Å². The van der Waals surface area contributed by atoms with Gasteiger partial charge in [0.1, 0.15) is 0 Å². The van der Waals surface area contributed by atoms with Crippen LogP contribution in [0.5, 0.6) is 0 Å². The molecule has 0 bridgehead atoms. The van der Waals surface area contributed by atoms with Gasteiger partial charge in [-0.2, -0.15) is 0 Å². The van der Waals surface area contributed by atoms with Crippen molar-refractivity contribution in [3.05, 3.63) is 47.5 Å². The topological polar surface area (TPSA) is 58.2 Å². The zero-order valence-electron chi connectivity index (χ0n) is 9.91. The van der Waals surface area contributed by atoms with Crippen molar-refractivity contribution < 1.29 is 9.59 Å². The summed E-state index contributed by atoms with van der Waals surface area (Å²) in [6.45, 7) is 4.11. The van der Waals surface area contributed by atoms with Gasteiger partial charge in [-0.25, -0.2) is 0 Å². The van der Waals surface area contributed by atoms with Crippen molar-refractivity contribution in [1.29, 1.82) is 0 Å². The Morgan fingerprint density at radius 3 is 2.67 bits per heavy atom. The van der Waals surface area contributed by atoms with Gasteiger partial charge in [0.05, 0.1) is 0 Å². The fraction of sp³-hybridized carbons (Fsp3) is 0.231. The van der Waals surface area contributed by atoms with Crippen LogP contribution in [0.4, 0.5) is 0 Å². The van der Waals surface area contributed by atoms with Crippen LogP contribution < -0.4 is 10.6 Å². The summed E-state index contributed by atoms with van der Waals surface area (Å²) in [4.78, 5) is 22.5. The second-order valence-electron chi connectivity index (χ2n) is 3.63. The molecule has 4 nitrogen and oxygen atoms in total. The number of hydrogen-bond donors (Lipinski definition) is 2. The molecule has 0 aliphatic heterocycles. The summed E-state index contributed by atoms with van der Waals surface area (Å²) in [5.41, 5.74) is 1.01. The average Bonchev–Trinajstić information content (AvgIpc) is 2.35. The van der Waals surface area contributed by atoms with Crippen LogP contribution in [0.15, 0.2) is 36.9 Å². The Morgan fingerprint density at radius 1 is 1.28 bits per heavy atom. The molecule has 2 N–H and O–H groups in total. The van der Waals surface area contributed by atoms with Crippen molar-refractivity contribution in [3.63, 3.8) is 0 Å². The normalized spacial score (nSPS) is 9.61. The van der Waals surface area contributed by atoms with Crippen LogP contribution in [-0.2, 0) is 16.0 Å². The van der Waals surface area contributed by atoms with Gasteiger partial charge in [0.25, 0.3) is 0 Å². The highest BCUT2D eigenvalue weighted by Gasteiger charge is 2.10. The van der Waals surface area contributed by atoms with E-state index in [-0.39, 0.29) is 6.54 Å². The molecule has 1 aromatic carbocycles. The van der Waals surface area contributed by atoms with E-state index in [4.69, 9.17) is 11.6 Å². The first-order chi connectivity index (χ1) is 8.63. The Hall–Kier alpha value is -1.81. The molecule has 0 spiro atoms. The first-order valence-corrected chi connectivity index (χ1v) is 5.92. The molecule has 0 saturated heterocycles. The van der Waals surface area contributed by atoms with Gasteiger partial charge >= 0.3 is 11.8 Å². The molecular weight excluding hydrogens is 252 g/mol. The highest BCUT2D eigenvalue weighted by atomic mass is 35.5. The van der Waals surface area contributed by atoms with Crippen LogP contribution in [-0.4, -0.2) is 24.9 Å². The minimum absolute atomic E-state index is 0.278. The zero-order valence-corrected chi connectivity index (χ0v) is 10.7. The maximum Gasteiger partial charge on any atom is 0.309 e. The summed E-state index contributed by atoms with van der Waals surface area (Å²) in [6.07, 6.45) is 2.14. The molecule has 1 aromatic rings. The standard InChI is InChI=1S/C13H15ClN2O2/c1-2-7-15-12(17)13(18)16-8-6-10-4-3-5-11(14)9-10/h2-5,9H,1,6-8H2,(H,15,17)(H,16,18). The zero-order chi connectivity index (χ0) is 13.4. The maximum absolute atomic E-state index is 11.3. The monoisotopic (exact) mass is 266 g/mol. The molecule has 5 heteroatoms. The van der Waals surface area contributed by atoms with Crippen molar-refractivity contribution in [1.82, 2.24) is 10.6 Å². The third-order valence-electron chi connectivity index (χ3n) is 2.20. The predicted octanol–water partition coefficient (Wildman–Crippen LogP) is 1.30. The summed E-state index contributed by atoms with van der Waals surface area (Å²) in [5, 5.41) is 5.59. The molecule has 0 saturated carbocycles. The second kappa shape index (κ2) is 7.50. The Bertz CT molecular complexity index is 446. The lowest BCUT2D eigenvalue weighted by Crippen LogP contribution is -2.40. The Morgan fingerprint density at radius 2 is 2.00 bits per heavy atom. The lowest BCUT2D eigenvalue weighted by Gasteiger charge is -2.05. The average molecular weight is 267 g/mol. The van der Waals surface area contributed by atoms with E-state index < -0.39 is 11.8 Å². The van der Waals surface area contributed by atoms with Gasteiger partial charge in [-0.15, -0.1) is 6.58 Å². The van der Waals surface area contributed by atoms with E-state index in [1.165, 1.54) is 6.08 Å². The van der Waals surface area contributed by atoms with Crippen molar-refractivity contribution in [2.75, 3.05) is 13.1 Å². The van der Waals surface area contributed by atoms with Crippen molar-refractivity contribution in [2.45, 2.75) is 6.42 Å². The number of carbonyl (C=O) groups excluding carboxylic acids is 2. The molecule has 0 fully saturated rings. The largest absolute Gasteiger partial charge is 0.348 e. The number of amides is 2. The highest BCUT2D eigenvalue weighted by molar-refractivity contribution is 6.35. The van der Waals surface area contributed by atoms with Gasteiger partial charge in [-0.05, 0) is 24.1 Å². The Balaban J connectivity index is 2.31. The first kappa shape index (κ1) is 14.3. The van der Waals surface area contributed by atoms with E-state index in [0.717, 1.165) is 5.56 Å². The van der Waals surface area contributed by atoms with Gasteiger partial charge in [-0.1, -0.05) is 29.8 Å². The van der Waals surface area contributed by atoms with E-state index >= 15 is 0 Å². The van der Waals surface area contributed by atoms with Crippen molar-refractivity contribution in [2.24, 2.45) is 0 Å². The number of hydrogen-bond acceptors (Lipinski definition) is 2. The molecular formula is C13H15ClN2O2. The molecule has 0 aliphatic rings. The minimum Gasteiger partial charge on any atom is -0.348 e. The third-order valence-corrected chi connectivity index (χ3v) is 2.44. The first-order valence-electron chi connectivity index (χ1n) is 5.55. The molecule has 18 heavy (non-hydrogen) atoms. The quantitative estimate of drug-likeness (QED) is 0.623. The predicted molar refractivity (Wildman–Crippen MR) is 71.4 cm³/mol. The van der Waals surface area contributed by atoms with Gasteiger partial charge < -0.3 is 10.6 Å². The van der Waals surface area contributed by atoms with Crippen molar-refractivity contribution >= 4 is 23.4 Å². The second-order valence-corrected chi connectivity index (χ2v) is 4.07. The lowest BCUT2D eigenvalue weighted by molar-refractivity contribution is -0.139. The molecule has 0 heterocycles. The number of benzene rings is 1. The number of nitrogens with one attached hydrogen (secondary N) is 2. The fourth-order valence-corrected chi connectivity index (χ4v) is 1.55. The van der Waals surface area contributed by atoms with Crippen LogP contribution in [0.2, 0.25) is 5.02 Å². The van der Waals surface area contributed by atoms with Gasteiger partial charge in [0, 0.05) is 18.1 Å². The fourth-order valence-electron chi connectivity index (χ4n) is 1.34. The lowest BCUT2D eigenvalue weighted by atomic mass is 10.1. The van der Waals surface area contributed by atoms with E-state index in [1.807, 2.05) is 18.2 Å². The van der Waals surface area contributed by atoms with Crippen molar-refractivity contribution in [3.8, 4) is 0 Å². The van der Waals surface area contributed by atoms with Gasteiger partial charge in [-0.3, -0.25) is 9.59 Å². The summed E-state index contributed by atoms with van der Waals surface area (Å²) < 4.78 is 0. The summed E-state index contributed by atoms with van der Waals surface area (Å²) >= 11 is 5.83. The SMILES string of the molecule is C=CCNC(=O)C(=O)NCCc1cccc(Cl)c1. The molecule has 0 atom stereocenters. The third kappa shape index (κ3) is 5.01. The Labute approximate surface area is 111 Å². The molecule has 96 valence electrons. The van der Waals surface area contributed by atoms with Crippen LogP contribution in [0.25, 0.3) is 0 Å². The summed E-state index contributed by atoms with van der Waals surface area (Å²) in [5.74, 6) is -1.29. The Kier molecular flexibility index (Phi) is 5.94. The van der Waals surface area contributed by atoms with E-state index in [1.54, 1.807) is 6.07 Å². The molecule has 0 aliphatic carbocycles. The van der Waals surface area contributed by atoms with Crippen LogP contribution in [0, 0.1) is 0 Å². The van der Waals surface area contributed by atoms with Gasteiger partial charge in [0.2, 0.25) is 0 Å². The molecule has 0 unspecified atom stereocenters. The number of carbonyl (C=O) groups is 2. The number of halogens is 1. The summed E-state index contributed by atoms with van der Waals surface area (Å²) in [7, 11) is 0. The van der Waals surface area contributed by atoms with E-state index in [2.05, 4.69) is 17.2 Å². The van der Waals surface area contributed by atoms with Gasteiger partial charge in [0.15, 0.2) is 0 Å². The maximum atomic E-state index is 11.3.